The number of para-hydroxylation sites is 1. The van der Waals surface area contributed by atoms with E-state index in [9.17, 15) is 4.79 Å². The van der Waals surface area contributed by atoms with E-state index in [1.807, 2.05) is 11.0 Å². The lowest BCUT2D eigenvalue weighted by Crippen LogP contribution is -2.41. The fourth-order valence-electron chi connectivity index (χ4n) is 3.11. The lowest BCUT2D eigenvalue weighted by Gasteiger charge is -2.20. The van der Waals surface area contributed by atoms with E-state index in [1.54, 1.807) is 0 Å². The summed E-state index contributed by atoms with van der Waals surface area (Å²) in [5.74, 6) is 0.265. The average molecular weight is 273 g/mol. The molecular formula is C16H23N3O. The minimum absolute atomic E-state index is 0.265. The molecule has 0 aromatic heterocycles. The number of carbonyl (C=O) groups excluding carboxylic acids is 1. The van der Waals surface area contributed by atoms with Crippen molar-refractivity contribution in [1.82, 2.24) is 10.2 Å². The van der Waals surface area contributed by atoms with Crippen molar-refractivity contribution < 1.29 is 4.79 Å². The molecule has 4 nitrogen and oxygen atoms in total. The molecule has 0 bridgehead atoms. The Hall–Kier alpha value is -1.55. The van der Waals surface area contributed by atoms with Crippen LogP contribution in [0.2, 0.25) is 0 Å². The molecular weight excluding hydrogens is 250 g/mol. The summed E-state index contributed by atoms with van der Waals surface area (Å²) in [5.41, 5.74) is 1.28. The highest BCUT2D eigenvalue weighted by atomic mass is 16.2. The van der Waals surface area contributed by atoms with Gasteiger partial charge in [0.15, 0.2) is 0 Å². The predicted octanol–water partition coefficient (Wildman–Crippen LogP) is 1.48. The van der Waals surface area contributed by atoms with Gasteiger partial charge in [-0.25, -0.2) is 0 Å². The molecule has 108 valence electrons. The largest absolute Gasteiger partial charge is 0.370 e. The number of amides is 1. The number of nitrogens with zero attached hydrogens (tertiary/aromatic N) is 2. The Morgan fingerprint density at radius 3 is 2.65 bits per heavy atom. The van der Waals surface area contributed by atoms with Crippen LogP contribution in [0, 0.1) is 0 Å². The summed E-state index contributed by atoms with van der Waals surface area (Å²) in [5, 5.41) is 3.43. The maximum Gasteiger partial charge on any atom is 0.236 e. The minimum atomic E-state index is 0.265. The third-order valence-corrected chi connectivity index (χ3v) is 4.31. The fraction of sp³-hybridized carbons (Fsp3) is 0.562. The van der Waals surface area contributed by atoms with E-state index in [0.29, 0.717) is 12.6 Å². The van der Waals surface area contributed by atoms with E-state index in [0.717, 1.165) is 45.4 Å². The van der Waals surface area contributed by atoms with Crippen LogP contribution < -0.4 is 10.2 Å². The van der Waals surface area contributed by atoms with Crippen molar-refractivity contribution >= 4 is 11.6 Å². The molecule has 2 saturated heterocycles. The van der Waals surface area contributed by atoms with Gasteiger partial charge in [0.2, 0.25) is 5.91 Å². The Balaban J connectivity index is 1.45. The highest BCUT2D eigenvalue weighted by Crippen LogP contribution is 2.19. The summed E-state index contributed by atoms with van der Waals surface area (Å²) >= 11 is 0. The van der Waals surface area contributed by atoms with Gasteiger partial charge in [0.05, 0.1) is 6.54 Å². The molecule has 1 amide bonds. The highest BCUT2D eigenvalue weighted by molar-refractivity contribution is 5.78. The van der Waals surface area contributed by atoms with Crippen molar-refractivity contribution in [3.05, 3.63) is 30.3 Å². The van der Waals surface area contributed by atoms with Gasteiger partial charge >= 0.3 is 0 Å². The van der Waals surface area contributed by atoms with Gasteiger partial charge in [-0.15, -0.1) is 0 Å². The molecule has 1 aromatic carbocycles. The van der Waals surface area contributed by atoms with Gasteiger partial charge in [-0.3, -0.25) is 4.79 Å². The van der Waals surface area contributed by atoms with Crippen molar-refractivity contribution in [1.29, 1.82) is 0 Å². The number of nitrogens with one attached hydrogen (secondary N) is 1. The number of rotatable bonds is 4. The predicted molar refractivity (Wildman–Crippen MR) is 80.9 cm³/mol. The normalized spacial score (nSPS) is 22.5. The standard InChI is InChI=1S/C16H23N3O/c20-16(18-9-4-5-10-18)12-17-14-8-11-19(13-14)15-6-2-1-3-7-15/h1-3,6-7,14,17H,4-5,8-13H2. The lowest BCUT2D eigenvalue weighted by atomic mass is 10.2. The van der Waals surface area contributed by atoms with Gasteiger partial charge in [0.25, 0.3) is 0 Å². The Kier molecular flexibility index (Phi) is 4.21. The van der Waals surface area contributed by atoms with E-state index >= 15 is 0 Å². The summed E-state index contributed by atoms with van der Waals surface area (Å²) in [7, 11) is 0. The van der Waals surface area contributed by atoms with E-state index in [2.05, 4.69) is 34.5 Å². The molecule has 2 fully saturated rings. The SMILES string of the molecule is O=C(CNC1CCN(c2ccccc2)C1)N1CCCC1. The number of hydrogen-bond acceptors (Lipinski definition) is 3. The zero-order chi connectivity index (χ0) is 13.8. The molecule has 0 radical (unpaired) electrons. The fourth-order valence-corrected chi connectivity index (χ4v) is 3.11. The van der Waals surface area contributed by atoms with Crippen LogP contribution in [0.15, 0.2) is 30.3 Å². The maximum atomic E-state index is 12.0. The number of anilines is 1. The lowest BCUT2D eigenvalue weighted by molar-refractivity contribution is -0.129. The van der Waals surface area contributed by atoms with E-state index in [4.69, 9.17) is 0 Å². The molecule has 1 atom stereocenters. The molecule has 1 aromatic rings. The molecule has 2 aliphatic rings. The Morgan fingerprint density at radius 2 is 1.90 bits per heavy atom. The summed E-state index contributed by atoms with van der Waals surface area (Å²) in [4.78, 5) is 16.4. The van der Waals surface area contributed by atoms with Crippen LogP contribution >= 0.6 is 0 Å². The topological polar surface area (TPSA) is 35.6 Å². The summed E-state index contributed by atoms with van der Waals surface area (Å²) < 4.78 is 0. The van der Waals surface area contributed by atoms with Crippen LogP contribution in [0.25, 0.3) is 0 Å². The smallest absolute Gasteiger partial charge is 0.236 e. The number of hydrogen-bond donors (Lipinski definition) is 1. The van der Waals surface area contributed by atoms with E-state index in [1.165, 1.54) is 5.69 Å². The molecule has 2 heterocycles. The van der Waals surface area contributed by atoms with Crippen molar-refractivity contribution in [2.24, 2.45) is 0 Å². The second kappa shape index (κ2) is 6.27. The molecule has 0 saturated carbocycles. The van der Waals surface area contributed by atoms with Gasteiger partial charge in [-0.05, 0) is 31.4 Å². The first-order valence-electron chi connectivity index (χ1n) is 7.64. The van der Waals surface area contributed by atoms with Crippen LogP contribution in [0.3, 0.4) is 0 Å². The third-order valence-electron chi connectivity index (χ3n) is 4.31. The van der Waals surface area contributed by atoms with Crippen LogP contribution in [0.5, 0.6) is 0 Å². The van der Waals surface area contributed by atoms with E-state index < -0.39 is 0 Å². The van der Waals surface area contributed by atoms with Gasteiger partial charge in [-0.2, -0.15) is 0 Å². The quantitative estimate of drug-likeness (QED) is 0.902. The first-order valence-corrected chi connectivity index (χ1v) is 7.64. The van der Waals surface area contributed by atoms with Crippen molar-refractivity contribution in [2.75, 3.05) is 37.6 Å². The second-order valence-corrected chi connectivity index (χ2v) is 5.74. The third kappa shape index (κ3) is 3.12. The number of benzene rings is 1. The Morgan fingerprint density at radius 1 is 1.15 bits per heavy atom. The molecule has 0 spiro atoms. The molecule has 2 aliphatic heterocycles. The van der Waals surface area contributed by atoms with Crippen LogP contribution in [-0.4, -0.2) is 49.6 Å². The first kappa shape index (κ1) is 13.4. The van der Waals surface area contributed by atoms with Gasteiger partial charge in [0, 0.05) is 37.9 Å². The van der Waals surface area contributed by atoms with E-state index in [-0.39, 0.29) is 5.91 Å². The number of carbonyl (C=O) groups is 1. The van der Waals surface area contributed by atoms with Crippen LogP contribution in [0.1, 0.15) is 19.3 Å². The molecule has 4 heteroatoms. The first-order chi connectivity index (χ1) is 9.83. The Bertz CT molecular complexity index is 442. The molecule has 3 rings (SSSR count). The average Bonchev–Trinajstić information content (AvgIpc) is 3.17. The van der Waals surface area contributed by atoms with Crippen molar-refractivity contribution in [3.8, 4) is 0 Å². The Labute approximate surface area is 120 Å². The van der Waals surface area contributed by atoms with Crippen molar-refractivity contribution in [3.63, 3.8) is 0 Å². The van der Waals surface area contributed by atoms with Gasteiger partial charge in [-0.1, -0.05) is 18.2 Å². The molecule has 1 unspecified atom stereocenters. The maximum absolute atomic E-state index is 12.0. The molecule has 0 aliphatic carbocycles. The summed E-state index contributed by atoms with van der Waals surface area (Å²) in [6.07, 6.45) is 3.44. The zero-order valence-electron chi connectivity index (χ0n) is 11.9. The second-order valence-electron chi connectivity index (χ2n) is 5.74. The van der Waals surface area contributed by atoms with Crippen LogP contribution in [-0.2, 0) is 4.79 Å². The number of likely N-dealkylation sites (tertiary alicyclic amines) is 1. The van der Waals surface area contributed by atoms with Gasteiger partial charge < -0.3 is 15.1 Å². The summed E-state index contributed by atoms with van der Waals surface area (Å²) in [6, 6.07) is 10.9. The van der Waals surface area contributed by atoms with Crippen molar-refractivity contribution in [2.45, 2.75) is 25.3 Å². The van der Waals surface area contributed by atoms with Gasteiger partial charge in [0.1, 0.15) is 0 Å². The zero-order valence-corrected chi connectivity index (χ0v) is 11.9. The molecule has 20 heavy (non-hydrogen) atoms. The van der Waals surface area contributed by atoms with Crippen LogP contribution in [0.4, 0.5) is 5.69 Å². The highest BCUT2D eigenvalue weighted by Gasteiger charge is 2.24. The monoisotopic (exact) mass is 273 g/mol. The minimum Gasteiger partial charge on any atom is -0.370 e. The summed E-state index contributed by atoms with van der Waals surface area (Å²) in [6.45, 7) is 4.45. The molecule has 1 N–H and O–H groups in total.